The second-order valence-electron chi connectivity index (χ2n) is 4.40. The second-order valence-corrected chi connectivity index (χ2v) is 5.40. The van der Waals surface area contributed by atoms with Gasteiger partial charge in [-0.1, -0.05) is 5.21 Å². The van der Waals surface area contributed by atoms with E-state index in [9.17, 15) is 9.59 Å². The van der Waals surface area contributed by atoms with Gasteiger partial charge in [0, 0.05) is 19.3 Å². The van der Waals surface area contributed by atoms with E-state index in [4.69, 9.17) is 9.47 Å². The van der Waals surface area contributed by atoms with Gasteiger partial charge in [-0.15, -0.1) is 16.4 Å². The van der Waals surface area contributed by atoms with Crippen molar-refractivity contribution in [2.24, 2.45) is 0 Å². The summed E-state index contributed by atoms with van der Waals surface area (Å²) in [6, 6.07) is 0. The van der Waals surface area contributed by atoms with E-state index < -0.39 is 11.9 Å². The number of esters is 2. The number of aromatic nitrogens is 5. The first-order valence-electron chi connectivity index (χ1n) is 6.47. The number of hydrogen-bond acceptors (Lipinski definition) is 9. The summed E-state index contributed by atoms with van der Waals surface area (Å²) in [5.74, 6) is -0.959. The van der Waals surface area contributed by atoms with Crippen molar-refractivity contribution in [3.63, 3.8) is 0 Å². The van der Waals surface area contributed by atoms with Gasteiger partial charge in [0.15, 0.2) is 0 Å². The van der Waals surface area contributed by atoms with Gasteiger partial charge in [-0.3, -0.25) is 4.79 Å². The molecule has 0 radical (unpaired) electrons. The van der Waals surface area contributed by atoms with Gasteiger partial charge >= 0.3 is 11.9 Å². The van der Waals surface area contributed by atoms with Crippen LogP contribution in [-0.4, -0.2) is 44.0 Å². The zero-order valence-corrected chi connectivity index (χ0v) is 13.0. The lowest BCUT2D eigenvalue weighted by molar-refractivity contribution is -0.142. The Morgan fingerprint density at radius 1 is 1.30 bits per heavy atom. The molecule has 0 aliphatic heterocycles. The first-order chi connectivity index (χ1) is 11.1. The van der Waals surface area contributed by atoms with E-state index in [1.807, 2.05) is 0 Å². The van der Waals surface area contributed by atoms with Crippen LogP contribution >= 0.6 is 11.3 Å². The maximum atomic E-state index is 12.1. The lowest BCUT2D eigenvalue weighted by atomic mass is 10.3. The van der Waals surface area contributed by atoms with Crippen LogP contribution in [0.15, 0.2) is 18.6 Å². The van der Waals surface area contributed by atoms with Crippen LogP contribution < -0.4 is 0 Å². The fraction of sp³-hybridized carbons (Fsp3) is 0.231. The van der Waals surface area contributed by atoms with E-state index in [1.165, 1.54) is 37.3 Å². The Hall–Kier alpha value is -2.88. The van der Waals surface area contributed by atoms with Crippen LogP contribution in [0, 0.1) is 0 Å². The number of methoxy groups -OCH3 is 1. The van der Waals surface area contributed by atoms with E-state index >= 15 is 0 Å². The van der Waals surface area contributed by atoms with Gasteiger partial charge in [-0.05, 0) is 0 Å². The van der Waals surface area contributed by atoms with Crippen molar-refractivity contribution in [1.82, 2.24) is 25.0 Å². The molecular weight excluding hydrogens is 322 g/mol. The average molecular weight is 333 g/mol. The number of thiophene rings is 1. The molecule has 0 bridgehead atoms. The second kappa shape index (κ2) is 6.08. The third-order valence-electron chi connectivity index (χ3n) is 2.93. The fourth-order valence-corrected chi connectivity index (χ4v) is 2.96. The third kappa shape index (κ3) is 2.75. The van der Waals surface area contributed by atoms with Crippen molar-refractivity contribution in [1.29, 1.82) is 0 Å². The average Bonchev–Trinajstić information content (AvgIpc) is 3.15. The summed E-state index contributed by atoms with van der Waals surface area (Å²) < 4.78 is 11.2. The topological polar surface area (TPSA) is 109 Å². The van der Waals surface area contributed by atoms with Crippen molar-refractivity contribution < 1.29 is 19.1 Å². The molecule has 0 fully saturated rings. The molecule has 23 heavy (non-hydrogen) atoms. The highest BCUT2D eigenvalue weighted by atomic mass is 32.1. The van der Waals surface area contributed by atoms with E-state index in [2.05, 4.69) is 20.3 Å². The molecule has 0 N–H and O–H groups in total. The number of fused-ring (bicyclic) bond motifs is 1. The first kappa shape index (κ1) is 15.0. The summed E-state index contributed by atoms with van der Waals surface area (Å²) in [4.78, 5) is 32.4. The Morgan fingerprint density at radius 2 is 2.09 bits per heavy atom. The maximum absolute atomic E-state index is 12.1. The molecule has 0 atom stereocenters. The summed E-state index contributed by atoms with van der Waals surface area (Å²) in [5, 5.41) is 7.79. The summed E-state index contributed by atoms with van der Waals surface area (Å²) >= 11 is 1.14. The van der Waals surface area contributed by atoms with E-state index in [0.29, 0.717) is 26.6 Å². The SMILES string of the molecule is COC(=O)c1sc2nccnc2c1-n1nncc1COC(C)=O. The van der Waals surface area contributed by atoms with Crippen LogP contribution in [0.4, 0.5) is 0 Å². The van der Waals surface area contributed by atoms with Crippen LogP contribution in [0.25, 0.3) is 16.0 Å². The normalized spacial score (nSPS) is 10.7. The van der Waals surface area contributed by atoms with Crippen molar-refractivity contribution in [2.75, 3.05) is 7.11 Å². The highest BCUT2D eigenvalue weighted by molar-refractivity contribution is 7.20. The van der Waals surface area contributed by atoms with Crippen LogP contribution in [0.2, 0.25) is 0 Å². The van der Waals surface area contributed by atoms with E-state index in [0.717, 1.165) is 11.3 Å². The zero-order chi connectivity index (χ0) is 16.4. The summed E-state index contributed by atoms with van der Waals surface area (Å²) in [6.45, 7) is 1.28. The molecule has 0 saturated heterocycles. The molecule has 0 spiro atoms. The van der Waals surface area contributed by atoms with Crippen LogP contribution in [-0.2, 0) is 20.9 Å². The zero-order valence-electron chi connectivity index (χ0n) is 12.2. The Kier molecular flexibility index (Phi) is 3.98. The number of hydrogen-bond donors (Lipinski definition) is 0. The summed E-state index contributed by atoms with van der Waals surface area (Å²) in [7, 11) is 1.29. The van der Waals surface area contributed by atoms with Gasteiger partial charge in [-0.2, -0.15) is 0 Å². The minimum atomic E-state index is -0.529. The van der Waals surface area contributed by atoms with Crippen molar-refractivity contribution in [3.05, 3.63) is 29.2 Å². The van der Waals surface area contributed by atoms with Gasteiger partial charge in [0.2, 0.25) is 0 Å². The lowest BCUT2D eigenvalue weighted by Crippen LogP contribution is -2.10. The molecule has 0 saturated carbocycles. The van der Waals surface area contributed by atoms with E-state index in [-0.39, 0.29) is 6.61 Å². The molecule has 0 unspecified atom stereocenters. The molecule has 0 amide bonds. The molecule has 0 aliphatic carbocycles. The van der Waals surface area contributed by atoms with Gasteiger partial charge < -0.3 is 9.47 Å². The Morgan fingerprint density at radius 3 is 2.83 bits per heavy atom. The number of rotatable bonds is 4. The molecule has 3 rings (SSSR count). The molecule has 0 aliphatic rings. The lowest BCUT2D eigenvalue weighted by Gasteiger charge is -2.07. The van der Waals surface area contributed by atoms with Crippen LogP contribution in [0.5, 0.6) is 0 Å². The third-order valence-corrected chi connectivity index (χ3v) is 3.98. The molecule has 3 heterocycles. The molecule has 10 heteroatoms. The largest absolute Gasteiger partial charge is 0.465 e. The highest BCUT2D eigenvalue weighted by Crippen LogP contribution is 2.32. The highest BCUT2D eigenvalue weighted by Gasteiger charge is 2.24. The predicted molar refractivity (Wildman–Crippen MR) is 79.1 cm³/mol. The Balaban J connectivity index is 2.17. The van der Waals surface area contributed by atoms with Gasteiger partial charge in [0.25, 0.3) is 0 Å². The fourth-order valence-electron chi connectivity index (χ4n) is 1.96. The van der Waals surface area contributed by atoms with Crippen LogP contribution in [0.1, 0.15) is 22.3 Å². The minimum Gasteiger partial charge on any atom is -0.465 e. The Bertz CT molecular complexity index is 888. The molecule has 0 aromatic carbocycles. The van der Waals surface area contributed by atoms with Gasteiger partial charge in [0.05, 0.1) is 13.3 Å². The predicted octanol–water partition coefficient (Wildman–Crippen LogP) is 1.12. The molecular formula is C13H11N5O4S. The van der Waals surface area contributed by atoms with Crippen LogP contribution in [0.3, 0.4) is 0 Å². The smallest absolute Gasteiger partial charge is 0.350 e. The summed E-state index contributed by atoms with van der Waals surface area (Å²) in [5.41, 5.74) is 1.40. The number of carbonyl (C=O) groups is 2. The molecule has 118 valence electrons. The maximum Gasteiger partial charge on any atom is 0.350 e. The first-order valence-corrected chi connectivity index (χ1v) is 7.28. The number of ether oxygens (including phenoxy) is 2. The number of nitrogens with zero attached hydrogens (tertiary/aromatic N) is 5. The quantitative estimate of drug-likeness (QED) is 0.653. The van der Waals surface area contributed by atoms with Crippen molar-refractivity contribution >= 4 is 33.6 Å². The number of carbonyl (C=O) groups excluding carboxylic acids is 2. The molecule has 3 aromatic rings. The minimum absolute atomic E-state index is 0.0272. The van der Waals surface area contributed by atoms with Crippen molar-refractivity contribution in [3.8, 4) is 5.69 Å². The van der Waals surface area contributed by atoms with E-state index in [1.54, 1.807) is 0 Å². The molecule has 3 aromatic heterocycles. The monoisotopic (exact) mass is 333 g/mol. The van der Waals surface area contributed by atoms with Gasteiger partial charge in [0.1, 0.15) is 33.2 Å². The van der Waals surface area contributed by atoms with Crippen molar-refractivity contribution in [2.45, 2.75) is 13.5 Å². The standard InChI is InChI=1S/C13H11N5O4S/c1-7(19)22-6-8-5-16-17-18(8)10-9-12(15-4-3-14-9)23-11(10)13(20)21-2/h3-5H,6H2,1-2H3. The summed E-state index contributed by atoms with van der Waals surface area (Å²) in [6.07, 6.45) is 4.50. The van der Waals surface area contributed by atoms with Gasteiger partial charge in [-0.25, -0.2) is 19.4 Å². The molecule has 9 nitrogen and oxygen atoms in total. The Labute approximate surface area is 133 Å².